The minimum Gasteiger partial charge on any atom is -0.396 e. The maximum absolute atomic E-state index is 11.8. The summed E-state index contributed by atoms with van der Waals surface area (Å²) in [5.74, 6) is 0.793. The zero-order valence-corrected chi connectivity index (χ0v) is 11.3. The van der Waals surface area contributed by atoms with Gasteiger partial charge in [-0.1, -0.05) is 6.92 Å². The van der Waals surface area contributed by atoms with Crippen molar-refractivity contribution >= 4 is 11.8 Å². The molecule has 0 saturated heterocycles. The lowest BCUT2D eigenvalue weighted by Gasteiger charge is -2.26. The van der Waals surface area contributed by atoms with Gasteiger partial charge >= 0.3 is 5.69 Å². The molecule has 18 heavy (non-hydrogen) atoms. The molecule has 6 nitrogen and oxygen atoms in total. The molecule has 0 unspecified atom stereocenters. The molecule has 102 valence electrons. The fourth-order valence-electron chi connectivity index (χ4n) is 1.67. The van der Waals surface area contributed by atoms with Gasteiger partial charge in [0.1, 0.15) is 5.37 Å². The van der Waals surface area contributed by atoms with Gasteiger partial charge in [0.05, 0.1) is 6.10 Å². The number of ether oxygens (including phenoxy) is 1. The normalized spacial score (nSPS) is 14.4. The highest BCUT2D eigenvalue weighted by molar-refractivity contribution is 7.99. The van der Waals surface area contributed by atoms with Crippen LogP contribution in [0.4, 0.5) is 0 Å². The van der Waals surface area contributed by atoms with Crippen LogP contribution in [0.1, 0.15) is 18.7 Å². The summed E-state index contributed by atoms with van der Waals surface area (Å²) in [7, 11) is 1.54. The second-order valence-electron chi connectivity index (χ2n) is 3.65. The van der Waals surface area contributed by atoms with Crippen LogP contribution in [0.25, 0.3) is 0 Å². The van der Waals surface area contributed by atoms with Gasteiger partial charge in [-0.3, -0.25) is 14.3 Å². The summed E-state index contributed by atoms with van der Waals surface area (Å²) in [6.45, 7) is 1.96. The maximum atomic E-state index is 11.8. The van der Waals surface area contributed by atoms with Crippen LogP contribution in [0, 0.1) is 0 Å². The third kappa shape index (κ3) is 3.72. The smallest absolute Gasteiger partial charge is 0.329 e. The first-order chi connectivity index (χ1) is 8.63. The Kier molecular flexibility index (Phi) is 6.17. The number of aromatic amines is 1. The van der Waals surface area contributed by atoms with Gasteiger partial charge in [-0.05, 0) is 12.2 Å². The first kappa shape index (κ1) is 15.0. The lowest BCUT2D eigenvalue weighted by Crippen LogP contribution is -2.36. The van der Waals surface area contributed by atoms with Crippen LogP contribution in [0.3, 0.4) is 0 Å². The molecule has 1 aromatic rings. The zero-order chi connectivity index (χ0) is 13.5. The van der Waals surface area contributed by atoms with Crippen molar-refractivity contribution in [2.24, 2.45) is 0 Å². The molecule has 1 aromatic heterocycles. The molecule has 0 aliphatic carbocycles. The second-order valence-corrected chi connectivity index (χ2v) is 5.04. The first-order valence-corrected chi connectivity index (χ1v) is 6.75. The Morgan fingerprint density at radius 2 is 2.28 bits per heavy atom. The number of nitrogens with zero attached hydrogens (tertiary/aromatic N) is 1. The number of H-pyrrole nitrogens is 1. The van der Waals surface area contributed by atoms with Gasteiger partial charge < -0.3 is 9.84 Å². The van der Waals surface area contributed by atoms with Crippen molar-refractivity contribution in [1.29, 1.82) is 0 Å². The minimum atomic E-state index is -0.464. The number of hydrogen-bond donors (Lipinski definition) is 2. The van der Waals surface area contributed by atoms with Gasteiger partial charge in [0.25, 0.3) is 5.56 Å². The van der Waals surface area contributed by atoms with Crippen LogP contribution in [0.2, 0.25) is 0 Å². The van der Waals surface area contributed by atoms with Gasteiger partial charge in [-0.15, -0.1) is 11.8 Å². The molecule has 0 radical (unpaired) electrons. The van der Waals surface area contributed by atoms with Crippen molar-refractivity contribution < 1.29 is 9.84 Å². The van der Waals surface area contributed by atoms with E-state index < -0.39 is 11.2 Å². The molecule has 0 aromatic carbocycles. The Hall–Kier alpha value is -1.05. The number of hydrogen-bond acceptors (Lipinski definition) is 5. The van der Waals surface area contributed by atoms with E-state index in [1.165, 1.54) is 28.6 Å². The number of aliphatic hydroxyl groups excluding tert-OH is 1. The second kappa shape index (κ2) is 7.40. The zero-order valence-electron chi connectivity index (χ0n) is 10.5. The lowest BCUT2D eigenvalue weighted by molar-refractivity contribution is 0.0605. The summed E-state index contributed by atoms with van der Waals surface area (Å²) in [5, 5.41) is 8.74. The van der Waals surface area contributed by atoms with E-state index in [9.17, 15) is 9.59 Å². The third-order valence-electron chi connectivity index (χ3n) is 2.50. The fourth-order valence-corrected chi connectivity index (χ4v) is 2.80. The molecule has 0 aliphatic heterocycles. The highest BCUT2D eigenvalue weighted by atomic mass is 32.2. The SMILES string of the molecule is CCS[C@H]([C@H](CCO)OC)n1ccc(=O)[nH]c1=O. The van der Waals surface area contributed by atoms with Crippen molar-refractivity contribution in [2.75, 3.05) is 19.5 Å². The molecule has 0 saturated carbocycles. The molecule has 1 heterocycles. The quantitative estimate of drug-likeness (QED) is 0.741. The number of aromatic nitrogens is 2. The van der Waals surface area contributed by atoms with Crippen LogP contribution < -0.4 is 11.2 Å². The summed E-state index contributed by atoms with van der Waals surface area (Å²) in [5.41, 5.74) is -0.888. The average Bonchev–Trinajstić information content (AvgIpc) is 2.34. The molecule has 7 heteroatoms. The number of thioether (sulfide) groups is 1. The molecule has 0 aliphatic rings. The molecule has 0 amide bonds. The topological polar surface area (TPSA) is 84.3 Å². The molecule has 0 fully saturated rings. The van der Waals surface area contributed by atoms with E-state index >= 15 is 0 Å². The molecule has 1 rings (SSSR count). The molecule has 2 atom stereocenters. The van der Waals surface area contributed by atoms with E-state index in [0.29, 0.717) is 6.42 Å². The van der Waals surface area contributed by atoms with Crippen molar-refractivity contribution in [3.05, 3.63) is 33.1 Å². The van der Waals surface area contributed by atoms with Gasteiger partial charge in [-0.2, -0.15) is 0 Å². The third-order valence-corrected chi connectivity index (χ3v) is 3.70. The molecule has 0 bridgehead atoms. The molecular weight excluding hydrogens is 256 g/mol. The van der Waals surface area contributed by atoms with E-state index in [2.05, 4.69) is 4.98 Å². The van der Waals surface area contributed by atoms with Crippen molar-refractivity contribution in [3.8, 4) is 0 Å². The predicted octanol–water partition coefficient (Wildman–Crippen LogP) is 0.186. The fraction of sp³-hybridized carbons (Fsp3) is 0.636. The molecule has 0 spiro atoms. The van der Waals surface area contributed by atoms with Crippen LogP contribution >= 0.6 is 11.8 Å². The van der Waals surface area contributed by atoms with Crippen LogP contribution in [0.5, 0.6) is 0 Å². The maximum Gasteiger partial charge on any atom is 0.329 e. The van der Waals surface area contributed by atoms with E-state index in [1.54, 1.807) is 7.11 Å². The van der Waals surface area contributed by atoms with E-state index in [-0.39, 0.29) is 18.1 Å². The van der Waals surface area contributed by atoms with Crippen molar-refractivity contribution in [3.63, 3.8) is 0 Å². The Bertz CT molecular complexity index is 471. The monoisotopic (exact) mass is 274 g/mol. The van der Waals surface area contributed by atoms with Gasteiger partial charge in [0, 0.05) is 26.0 Å². The number of nitrogens with one attached hydrogen (secondary N) is 1. The largest absolute Gasteiger partial charge is 0.396 e. The predicted molar refractivity (Wildman–Crippen MR) is 71.0 cm³/mol. The molecular formula is C11H18N2O4S. The summed E-state index contributed by atoms with van der Waals surface area (Å²) in [6, 6.07) is 1.30. The van der Waals surface area contributed by atoms with Crippen LogP contribution in [-0.2, 0) is 4.74 Å². The standard InChI is InChI=1S/C11H18N2O4S/c1-3-18-10(8(17-2)5-7-14)13-6-4-9(15)12-11(13)16/h4,6,8,10,14H,3,5,7H2,1-2H3,(H,12,15,16)/t8-,10+/m0/s1. The highest BCUT2D eigenvalue weighted by Crippen LogP contribution is 2.28. The molecule has 2 N–H and O–H groups in total. The van der Waals surface area contributed by atoms with Gasteiger partial charge in [0.15, 0.2) is 0 Å². The van der Waals surface area contributed by atoms with Crippen LogP contribution in [0.15, 0.2) is 21.9 Å². The van der Waals surface area contributed by atoms with Gasteiger partial charge in [-0.25, -0.2) is 4.79 Å². The Morgan fingerprint density at radius 1 is 1.56 bits per heavy atom. The Labute approximate surface area is 109 Å². The summed E-state index contributed by atoms with van der Waals surface area (Å²) in [6.07, 6.45) is 1.60. The average molecular weight is 274 g/mol. The van der Waals surface area contributed by atoms with Crippen molar-refractivity contribution in [2.45, 2.75) is 24.8 Å². The highest BCUT2D eigenvalue weighted by Gasteiger charge is 2.23. The lowest BCUT2D eigenvalue weighted by atomic mass is 10.2. The van der Waals surface area contributed by atoms with Crippen molar-refractivity contribution in [1.82, 2.24) is 9.55 Å². The minimum absolute atomic E-state index is 0.0165. The van der Waals surface area contributed by atoms with Gasteiger partial charge in [0.2, 0.25) is 0 Å². The Morgan fingerprint density at radius 3 is 2.78 bits per heavy atom. The summed E-state index contributed by atoms with van der Waals surface area (Å²) in [4.78, 5) is 25.0. The van der Waals surface area contributed by atoms with E-state index in [0.717, 1.165) is 5.75 Å². The number of methoxy groups -OCH3 is 1. The van der Waals surface area contributed by atoms with Crippen LogP contribution in [-0.4, -0.2) is 40.2 Å². The summed E-state index contributed by atoms with van der Waals surface area (Å²) < 4.78 is 6.74. The number of aliphatic hydroxyl groups is 1. The summed E-state index contributed by atoms with van der Waals surface area (Å²) >= 11 is 1.53. The van der Waals surface area contributed by atoms with E-state index in [4.69, 9.17) is 9.84 Å². The Balaban J connectivity index is 3.09. The van der Waals surface area contributed by atoms with E-state index in [1.807, 2.05) is 6.92 Å². The first-order valence-electron chi connectivity index (χ1n) is 5.70. The number of rotatable bonds is 7.